The monoisotopic (exact) mass is 375 g/mol. The molecular weight excluding hydrogens is 362 g/mol. The predicted molar refractivity (Wildman–Crippen MR) is 99.1 cm³/mol. The molecule has 0 radical (unpaired) electrons. The van der Waals surface area contributed by atoms with Crippen molar-refractivity contribution in [2.24, 2.45) is 0 Å². The van der Waals surface area contributed by atoms with Gasteiger partial charge in [0.1, 0.15) is 0 Å². The van der Waals surface area contributed by atoms with Crippen molar-refractivity contribution in [3.8, 4) is 5.75 Å². The van der Waals surface area contributed by atoms with Crippen LogP contribution >= 0.6 is 22.9 Å². The molecule has 5 nitrogen and oxygen atoms in total. The van der Waals surface area contributed by atoms with Crippen molar-refractivity contribution < 1.29 is 19.1 Å². The number of rotatable bonds is 4. The Kier molecular flexibility index (Phi) is 4.92. The minimum atomic E-state index is -0.456. The summed E-state index contributed by atoms with van der Waals surface area (Å²) in [6, 6.07) is 12.0. The molecule has 0 bridgehead atoms. The number of hydrogen-bond acceptors (Lipinski definition) is 5. The molecule has 0 fully saturated rings. The molecule has 0 saturated carbocycles. The minimum Gasteiger partial charge on any atom is -0.494 e. The first-order chi connectivity index (χ1) is 12.0. The average Bonchev–Trinajstić information content (AvgIpc) is 2.98. The fraction of sp³-hybridized carbons (Fsp3) is 0.111. The Labute approximate surface area is 153 Å². The van der Waals surface area contributed by atoms with E-state index >= 15 is 0 Å². The highest BCUT2D eigenvalue weighted by molar-refractivity contribution is 7.21. The molecule has 0 aliphatic rings. The van der Waals surface area contributed by atoms with Crippen molar-refractivity contribution in [1.29, 1.82) is 0 Å². The lowest BCUT2D eigenvalue weighted by molar-refractivity contribution is 0.0603. The van der Waals surface area contributed by atoms with Crippen LogP contribution in [0.5, 0.6) is 5.75 Å². The number of benzene rings is 2. The van der Waals surface area contributed by atoms with Crippen LogP contribution in [0.25, 0.3) is 10.1 Å². The number of esters is 1. The zero-order valence-electron chi connectivity index (χ0n) is 13.5. The van der Waals surface area contributed by atoms with E-state index in [-0.39, 0.29) is 5.91 Å². The Bertz CT molecular complexity index is 967. The van der Waals surface area contributed by atoms with E-state index in [4.69, 9.17) is 21.1 Å². The lowest BCUT2D eigenvalue weighted by Crippen LogP contribution is -2.11. The highest BCUT2D eigenvalue weighted by Crippen LogP contribution is 2.39. The maximum atomic E-state index is 12.3. The quantitative estimate of drug-likeness (QED) is 0.677. The van der Waals surface area contributed by atoms with Gasteiger partial charge in [-0.3, -0.25) is 4.79 Å². The van der Waals surface area contributed by atoms with Crippen molar-refractivity contribution in [2.45, 2.75) is 0 Å². The Morgan fingerprint density at radius 2 is 1.92 bits per heavy atom. The Morgan fingerprint density at radius 1 is 1.12 bits per heavy atom. The molecule has 3 rings (SSSR count). The number of anilines is 1. The van der Waals surface area contributed by atoms with Crippen LogP contribution < -0.4 is 10.1 Å². The number of hydrogen-bond donors (Lipinski definition) is 1. The van der Waals surface area contributed by atoms with Crippen molar-refractivity contribution in [1.82, 2.24) is 0 Å². The fourth-order valence-corrected chi connectivity index (χ4v) is 3.68. The molecule has 0 aliphatic heterocycles. The zero-order chi connectivity index (χ0) is 18.0. The SMILES string of the molecule is COC(=O)c1sc2ccc(NC(=O)c3cccc(Cl)c3)cc2c1OC. The fourth-order valence-electron chi connectivity index (χ4n) is 2.42. The van der Waals surface area contributed by atoms with Crippen molar-refractivity contribution >= 4 is 50.6 Å². The molecule has 3 aromatic rings. The van der Waals surface area contributed by atoms with Crippen LogP contribution in [-0.4, -0.2) is 26.1 Å². The molecule has 0 atom stereocenters. The number of methoxy groups -OCH3 is 2. The van der Waals surface area contributed by atoms with Gasteiger partial charge in [0.2, 0.25) is 0 Å². The number of carbonyl (C=O) groups excluding carboxylic acids is 2. The van der Waals surface area contributed by atoms with Crippen LogP contribution in [0.3, 0.4) is 0 Å². The van der Waals surface area contributed by atoms with E-state index in [1.54, 1.807) is 36.4 Å². The molecule has 1 N–H and O–H groups in total. The molecule has 0 unspecified atom stereocenters. The van der Waals surface area contributed by atoms with Crippen LogP contribution in [-0.2, 0) is 4.74 Å². The van der Waals surface area contributed by atoms with E-state index in [9.17, 15) is 9.59 Å². The largest absolute Gasteiger partial charge is 0.494 e. The summed E-state index contributed by atoms with van der Waals surface area (Å²) < 4.78 is 11.0. The first kappa shape index (κ1) is 17.3. The van der Waals surface area contributed by atoms with E-state index in [1.807, 2.05) is 6.07 Å². The second-order valence-corrected chi connectivity index (χ2v) is 6.62. The van der Waals surface area contributed by atoms with E-state index in [0.29, 0.717) is 26.9 Å². The highest BCUT2D eigenvalue weighted by Gasteiger charge is 2.20. The molecule has 1 amide bonds. The molecule has 2 aromatic carbocycles. The van der Waals surface area contributed by atoms with Gasteiger partial charge in [0.15, 0.2) is 10.6 Å². The van der Waals surface area contributed by atoms with E-state index in [2.05, 4.69) is 5.32 Å². The van der Waals surface area contributed by atoms with Crippen LogP contribution in [0.1, 0.15) is 20.0 Å². The van der Waals surface area contributed by atoms with E-state index in [1.165, 1.54) is 25.6 Å². The number of ether oxygens (including phenoxy) is 2. The van der Waals surface area contributed by atoms with Crippen LogP contribution in [0.4, 0.5) is 5.69 Å². The Morgan fingerprint density at radius 3 is 2.60 bits per heavy atom. The number of fused-ring (bicyclic) bond motifs is 1. The number of amides is 1. The summed E-state index contributed by atoms with van der Waals surface area (Å²) in [5.74, 6) is -0.294. The first-order valence-electron chi connectivity index (χ1n) is 7.29. The first-order valence-corrected chi connectivity index (χ1v) is 8.48. The van der Waals surface area contributed by atoms with Gasteiger partial charge in [-0.15, -0.1) is 11.3 Å². The number of halogens is 1. The van der Waals surface area contributed by atoms with Crippen LogP contribution in [0.2, 0.25) is 5.02 Å². The molecule has 0 saturated heterocycles. The molecule has 1 heterocycles. The third-order valence-corrected chi connectivity index (χ3v) is 4.93. The number of carbonyl (C=O) groups is 2. The molecular formula is C18H14ClNO4S. The summed E-state index contributed by atoms with van der Waals surface area (Å²) in [4.78, 5) is 24.6. The zero-order valence-corrected chi connectivity index (χ0v) is 15.0. The molecule has 128 valence electrons. The van der Waals surface area contributed by atoms with Gasteiger partial charge in [-0.05, 0) is 36.4 Å². The van der Waals surface area contributed by atoms with Crippen molar-refractivity contribution in [3.63, 3.8) is 0 Å². The lowest BCUT2D eigenvalue weighted by Gasteiger charge is -2.07. The molecule has 7 heteroatoms. The molecule has 0 spiro atoms. The molecule has 0 aliphatic carbocycles. The summed E-state index contributed by atoms with van der Waals surface area (Å²) in [6.45, 7) is 0. The van der Waals surface area contributed by atoms with Crippen LogP contribution in [0.15, 0.2) is 42.5 Å². The molecule has 1 aromatic heterocycles. The third-order valence-electron chi connectivity index (χ3n) is 3.56. The second kappa shape index (κ2) is 7.13. The predicted octanol–water partition coefficient (Wildman–Crippen LogP) is 4.60. The maximum absolute atomic E-state index is 12.3. The van der Waals surface area contributed by atoms with Gasteiger partial charge in [-0.25, -0.2) is 4.79 Å². The van der Waals surface area contributed by atoms with Gasteiger partial charge < -0.3 is 14.8 Å². The number of nitrogens with one attached hydrogen (secondary N) is 1. The second-order valence-electron chi connectivity index (χ2n) is 5.13. The topological polar surface area (TPSA) is 64.6 Å². The van der Waals surface area contributed by atoms with Crippen molar-refractivity contribution in [2.75, 3.05) is 19.5 Å². The van der Waals surface area contributed by atoms with Gasteiger partial charge in [-0.2, -0.15) is 0 Å². The summed E-state index contributed by atoms with van der Waals surface area (Å²) in [5, 5.41) is 4.04. The van der Waals surface area contributed by atoms with Gasteiger partial charge in [0.05, 0.1) is 14.2 Å². The summed E-state index contributed by atoms with van der Waals surface area (Å²) in [6.07, 6.45) is 0. The van der Waals surface area contributed by atoms with Gasteiger partial charge in [0, 0.05) is 26.4 Å². The van der Waals surface area contributed by atoms with E-state index in [0.717, 1.165) is 10.1 Å². The summed E-state index contributed by atoms with van der Waals surface area (Å²) in [7, 11) is 2.81. The standard InChI is InChI=1S/C18H14ClNO4S/c1-23-15-13-9-12(6-7-14(13)25-16(15)18(22)24-2)20-17(21)10-4-3-5-11(19)8-10/h3-9H,1-2H3,(H,20,21). The Balaban J connectivity index is 1.95. The highest BCUT2D eigenvalue weighted by atomic mass is 35.5. The normalized spacial score (nSPS) is 10.5. The van der Waals surface area contributed by atoms with E-state index < -0.39 is 5.97 Å². The number of thiophene rings is 1. The summed E-state index contributed by atoms with van der Waals surface area (Å²) >= 11 is 7.19. The van der Waals surface area contributed by atoms with Gasteiger partial charge in [-0.1, -0.05) is 17.7 Å². The summed E-state index contributed by atoms with van der Waals surface area (Å²) in [5.41, 5.74) is 1.05. The molecule has 25 heavy (non-hydrogen) atoms. The van der Waals surface area contributed by atoms with Gasteiger partial charge >= 0.3 is 5.97 Å². The average molecular weight is 376 g/mol. The lowest BCUT2D eigenvalue weighted by atomic mass is 10.2. The van der Waals surface area contributed by atoms with Crippen LogP contribution in [0, 0.1) is 0 Å². The Hall–Kier alpha value is -2.57. The maximum Gasteiger partial charge on any atom is 0.351 e. The van der Waals surface area contributed by atoms with Crippen molar-refractivity contribution in [3.05, 3.63) is 57.9 Å². The minimum absolute atomic E-state index is 0.274. The third kappa shape index (κ3) is 3.45. The van der Waals surface area contributed by atoms with Gasteiger partial charge in [0.25, 0.3) is 5.91 Å². The smallest absolute Gasteiger partial charge is 0.351 e.